The van der Waals surface area contributed by atoms with Crippen molar-refractivity contribution < 1.29 is 14.7 Å². The number of thiazole rings is 1. The van der Waals surface area contributed by atoms with E-state index in [2.05, 4.69) is 34.4 Å². The number of nitrogens with zero attached hydrogens (tertiary/aromatic N) is 3. The molecule has 8 nitrogen and oxygen atoms in total. The molecule has 1 aliphatic heterocycles. The van der Waals surface area contributed by atoms with Gasteiger partial charge in [0.25, 0.3) is 11.8 Å². The Kier molecular flexibility index (Phi) is 7.74. The fourth-order valence-corrected chi connectivity index (χ4v) is 4.76. The minimum absolute atomic E-state index is 0.0871. The maximum Gasteiger partial charge on any atom is 0.280 e. The average Bonchev–Trinajstić information content (AvgIpc) is 3.37. The topological polar surface area (TPSA) is 107 Å². The zero-order valence-corrected chi connectivity index (χ0v) is 21.2. The largest absolute Gasteiger partial charge is 0.389 e. The van der Waals surface area contributed by atoms with Crippen molar-refractivity contribution in [2.24, 2.45) is 0 Å². The van der Waals surface area contributed by atoms with E-state index in [0.717, 1.165) is 36.2 Å². The summed E-state index contributed by atoms with van der Waals surface area (Å²) in [5.74, 6) is 0.214. The van der Waals surface area contributed by atoms with Crippen molar-refractivity contribution in [3.05, 3.63) is 28.5 Å². The number of pyridine rings is 1. The molecule has 0 unspecified atom stereocenters. The lowest BCUT2D eigenvalue weighted by Crippen LogP contribution is -2.38. The van der Waals surface area contributed by atoms with Crippen LogP contribution in [0.4, 0.5) is 5.82 Å². The third-order valence-electron chi connectivity index (χ3n) is 5.88. The van der Waals surface area contributed by atoms with Crippen LogP contribution < -0.4 is 10.6 Å². The van der Waals surface area contributed by atoms with E-state index in [4.69, 9.17) is 0 Å². The van der Waals surface area contributed by atoms with E-state index in [-0.39, 0.29) is 29.2 Å². The smallest absolute Gasteiger partial charge is 0.280 e. The van der Waals surface area contributed by atoms with E-state index in [1.54, 1.807) is 20.0 Å². The van der Waals surface area contributed by atoms with Gasteiger partial charge in [0.2, 0.25) is 0 Å². The normalized spacial score (nSPS) is 17.2. The minimum atomic E-state index is -1.04. The number of carbonyl (C=O) groups is 2. The summed E-state index contributed by atoms with van der Waals surface area (Å²) in [4.78, 5) is 37.7. The fraction of sp³-hybridized carbons (Fsp3) is 0.583. The van der Waals surface area contributed by atoms with Gasteiger partial charge < -0.3 is 20.6 Å². The number of amides is 2. The van der Waals surface area contributed by atoms with Crippen molar-refractivity contribution >= 4 is 29.0 Å². The van der Waals surface area contributed by atoms with E-state index in [0.29, 0.717) is 17.5 Å². The maximum absolute atomic E-state index is 13.4. The molecule has 2 amide bonds. The molecule has 1 fully saturated rings. The Balaban J connectivity index is 1.99. The molecule has 9 heteroatoms. The monoisotopic (exact) mass is 473 g/mol. The number of nitrogens with one attached hydrogen (secondary N) is 2. The molecule has 33 heavy (non-hydrogen) atoms. The third kappa shape index (κ3) is 6.09. The highest BCUT2D eigenvalue weighted by Gasteiger charge is 2.32. The van der Waals surface area contributed by atoms with Gasteiger partial charge in [0.1, 0.15) is 11.5 Å². The number of aryl methyl sites for hydroxylation is 1. The van der Waals surface area contributed by atoms with Gasteiger partial charge in [-0.15, -0.1) is 11.3 Å². The van der Waals surface area contributed by atoms with Crippen molar-refractivity contribution in [3.63, 3.8) is 0 Å². The molecule has 0 bridgehead atoms. The molecule has 0 saturated carbocycles. The van der Waals surface area contributed by atoms with Crippen molar-refractivity contribution in [2.45, 2.75) is 78.5 Å². The van der Waals surface area contributed by atoms with Crippen LogP contribution in [-0.2, 0) is 0 Å². The predicted molar refractivity (Wildman–Crippen MR) is 132 cm³/mol. The van der Waals surface area contributed by atoms with Gasteiger partial charge in [0.05, 0.1) is 10.5 Å². The van der Waals surface area contributed by atoms with Gasteiger partial charge in [-0.25, -0.2) is 9.97 Å². The van der Waals surface area contributed by atoms with Crippen molar-refractivity contribution in [3.8, 4) is 10.4 Å². The van der Waals surface area contributed by atoms with Crippen LogP contribution in [0.25, 0.3) is 10.4 Å². The lowest BCUT2D eigenvalue weighted by molar-refractivity contribution is 0.0692. The maximum atomic E-state index is 13.4. The Morgan fingerprint density at radius 2 is 2.12 bits per heavy atom. The van der Waals surface area contributed by atoms with Crippen LogP contribution in [0.3, 0.4) is 0 Å². The molecule has 1 aliphatic rings. The molecule has 3 rings (SSSR count). The summed E-state index contributed by atoms with van der Waals surface area (Å²) in [6.07, 6.45) is 4.64. The quantitative estimate of drug-likeness (QED) is 0.538. The van der Waals surface area contributed by atoms with Crippen molar-refractivity contribution in [1.29, 1.82) is 0 Å². The van der Waals surface area contributed by atoms with Crippen LogP contribution in [-0.4, -0.2) is 62.6 Å². The summed E-state index contributed by atoms with van der Waals surface area (Å²) in [5.41, 5.74) is 0.985. The number of aliphatic hydroxyl groups is 1. The van der Waals surface area contributed by atoms with Gasteiger partial charge >= 0.3 is 0 Å². The highest BCUT2D eigenvalue weighted by atomic mass is 32.1. The van der Waals surface area contributed by atoms with E-state index in [1.807, 2.05) is 24.8 Å². The average molecular weight is 474 g/mol. The second-order valence-electron chi connectivity index (χ2n) is 9.52. The first kappa shape index (κ1) is 25.1. The van der Waals surface area contributed by atoms with E-state index >= 15 is 0 Å². The zero-order chi connectivity index (χ0) is 24.3. The fourth-order valence-electron chi connectivity index (χ4n) is 3.72. The molecule has 180 valence electrons. The lowest BCUT2D eigenvalue weighted by atomic mass is 10.1. The van der Waals surface area contributed by atoms with Crippen LogP contribution in [0.5, 0.6) is 0 Å². The molecule has 3 heterocycles. The Bertz CT molecular complexity index is 1010. The molecule has 3 N–H and O–H groups in total. The molecule has 0 aliphatic carbocycles. The molecular formula is C24H35N5O3S. The van der Waals surface area contributed by atoms with Gasteiger partial charge in [-0.05, 0) is 65.5 Å². The number of rotatable bonds is 8. The molecule has 2 aromatic heterocycles. The van der Waals surface area contributed by atoms with Gasteiger partial charge in [-0.3, -0.25) is 9.59 Å². The highest BCUT2D eigenvalue weighted by Crippen LogP contribution is 2.35. The third-order valence-corrected chi connectivity index (χ3v) is 6.97. The number of anilines is 1. The van der Waals surface area contributed by atoms with Crippen molar-refractivity contribution in [1.82, 2.24) is 20.2 Å². The number of hydrogen-bond donors (Lipinski definition) is 3. The summed E-state index contributed by atoms with van der Waals surface area (Å²) < 4.78 is 0. The first-order chi connectivity index (χ1) is 15.5. The predicted octanol–water partition coefficient (Wildman–Crippen LogP) is 3.85. The molecule has 2 atom stereocenters. The Morgan fingerprint density at radius 1 is 1.39 bits per heavy atom. The van der Waals surface area contributed by atoms with Gasteiger partial charge in [0, 0.05) is 36.9 Å². The van der Waals surface area contributed by atoms with E-state index in [9.17, 15) is 14.7 Å². The van der Waals surface area contributed by atoms with Gasteiger partial charge in [-0.2, -0.15) is 0 Å². The second kappa shape index (κ2) is 10.2. The number of aromatic nitrogens is 2. The number of carbonyl (C=O) groups excluding carboxylic acids is 2. The molecule has 0 aromatic carbocycles. The summed E-state index contributed by atoms with van der Waals surface area (Å²) in [6, 6.07) is 2.40. The van der Waals surface area contributed by atoms with Crippen LogP contribution in [0.2, 0.25) is 0 Å². The second-order valence-corrected chi connectivity index (χ2v) is 10.5. The Morgan fingerprint density at radius 3 is 2.70 bits per heavy atom. The number of hydrogen-bond acceptors (Lipinski definition) is 7. The standard InChI is InChI=1S/C24H35N5O3S/c1-7-15(3)27-18-11-14(2)17(12-25-18)20-19(23(31)29-10-8-9-16(29)4)28-22(33-20)21(30)26-13-24(5,6)32/h11-12,15-16,32H,7-10,13H2,1-6H3,(H,25,27)(H,26,30)/t15-,16+/m1/s1. The molecule has 2 aromatic rings. The van der Waals surface area contributed by atoms with E-state index < -0.39 is 11.5 Å². The minimum Gasteiger partial charge on any atom is -0.389 e. The summed E-state index contributed by atoms with van der Waals surface area (Å²) in [6.45, 7) is 12.2. The molecule has 0 radical (unpaired) electrons. The highest BCUT2D eigenvalue weighted by molar-refractivity contribution is 7.17. The first-order valence-electron chi connectivity index (χ1n) is 11.6. The van der Waals surface area contributed by atoms with Gasteiger partial charge in [0.15, 0.2) is 5.01 Å². The van der Waals surface area contributed by atoms with Crippen LogP contribution in [0.15, 0.2) is 12.3 Å². The molecule has 1 saturated heterocycles. The molecule has 0 spiro atoms. The van der Waals surface area contributed by atoms with E-state index in [1.165, 1.54) is 11.3 Å². The van der Waals surface area contributed by atoms with Crippen molar-refractivity contribution in [2.75, 3.05) is 18.4 Å². The zero-order valence-electron chi connectivity index (χ0n) is 20.4. The van der Waals surface area contributed by atoms with Gasteiger partial charge in [-0.1, -0.05) is 6.92 Å². The lowest BCUT2D eigenvalue weighted by Gasteiger charge is -2.21. The Hall–Kier alpha value is -2.52. The SMILES string of the molecule is CC[C@@H](C)Nc1cc(C)c(-c2sc(C(=O)NCC(C)(C)O)nc2C(=O)N2CCC[C@@H]2C)cn1. The van der Waals surface area contributed by atoms with Crippen LogP contribution >= 0.6 is 11.3 Å². The first-order valence-corrected chi connectivity index (χ1v) is 12.4. The summed E-state index contributed by atoms with van der Waals surface area (Å²) in [5, 5.41) is 16.2. The summed E-state index contributed by atoms with van der Waals surface area (Å²) in [7, 11) is 0. The Labute approximate surface area is 199 Å². The summed E-state index contributed by atoms with van der Waals surface area (Å²) >= 11 is 1.19. The number of likely N-dealkylation sites (tertiary alicyclic amines) is 1. The molecular weight excluding hydrogens is 438 g/mol. The van der Waals surface area contributed by atoms with Crippen LogP contribution in [0, 0.1) is 6.92 Å². The van der Waals surface area contributed by atoms with Crippen LogP contribution in [0.1, 0.15) is 79.7 Å².